The molecule has 1 aromatic carbocycles. The van der Waals surface area contributed by atoms with Gasteiger partial charge in [-0.2, -0.15) is 18.2 Å². The predicted octanol–water partition coefficient (Wildman–Crippen LogP) is 3.14. The van der Waals surface area contributed by atoms with Gasteiger partial charge in [0.2, 0.25) is 11.9 Å². The minimum Gasteiger partial charge on any atom is -0.497 e. The predicted molar refractivity (Wildman–Crippen MR) is 103 cm³/mol. The summed E-state index contributed by atoms with van der Waals surface area (Å²) in [5, 5.41) is 3.21. The minimum absolute atomic E-state index is 0.202. The van der Waals surface area contributed by atoms with E-state index in [0.717, 1.165) is 17.1 Å². The van der Waals surface area contributed by atoms with Gasteiger partial charge in [-0.1, -0.05) is 0 Å². The molecule has 10 heteroatoms. The summed E-state index contributed by atoms with van der Waals surface area (Å²) in [6, 6.07) is 9.18. The van der Waals surface area contributed by atoms with Crippen molar-refractivity contribution in [2.24, 2.45) is 0 Å². The van der Waals surface area contributed by atoms with Gasteiger partial charge < -0.3 is 19.9 Å². The molecule has 2 aromatic rings. The number of hydrogen-bond donors (Lipinski definition) is 1. The summed E-state index contributed by atoms with van der Waals surface area (Å²) in [6.07, 6.45) is -5.92. The fourth-order valence-corrected chi connectivity index (χ4v) is 3.02. The van der Waals surface area contributed by atoms with Gasteiger partial charge >= 0.3 is 6.18 Å². The van der Waals surface area contributed by atoms with E-state index >= 15 is 0 Å². The Morgan fingerprint density at radius 3 is 2.38 bits per heavy atom. The number of anilines is 3. The molecule has 1 aromatic heterocycles. The molecular weight excluding hydrogens is 387 g/mol. The number of aromatic nitrogens is 2. The zero-order chi connectivity index (χ0) is 21.0. The molecule has 0 spiro atoms. The maximum absolute atomic E-state index is 12.4. The van der Waals surface area contributed by atoms with Gasteiger partial charge in [-0.3, -0.25) is 4.79 Å². The molecule has 0 aliphatic carbocycles. The highest BCUT2D eigenvalue weighted by molar-refractivity contribution is 5.77. The Hall–Kier alpha value is -3.04. The van der Waals surface area contributed by atoms with Crippen molar-refractivity contribution in [3.05, 3.63) is 36.0 Å². The highest BCUT2D eigenvalue weighted by Gasteiger charge is 2.34. The first-order valence-corrected chi connectivity index (χ1v) is 9.10. The zero-order valence-corrected chi connectivity index (χ0v) is 16.2. The quantitative estimate of drug-likeness (QED) is 0.818. The highest BCUT2D eigenvalue weighted by atomic mass is 19.4. The van der Waals surface area contributed by atoms with E-state index in [0.29, 0.717) is 24.9 Å². The molecule has 7 nitrogen and oxygen atoms in total. The summed E-state index contributed by atoms with van der Waals surface area (Å²) in [5.74, 6) is 0.925. The van der Waals surface area contributed by atoms with Crippen molar-refractivity contribution in [3.63, 3.8) is 0 Å². The van der Waals surface area contributed by atoms with Gasteiger partial charge in [0, 0.05) is 43.6 Å². The van der Waals surface area contributed by atoms with Crippen molar-refractivity contribution in [1.82, 2.24) is 14.9 Å². The number of aryl methyl sites for hydroxylation is 1. The average molecular weight is 409 g/mol. The Morgan fingerprint density at radius 1 is 1.14 bits per heavy atom. The molecule has 0 atom stereocenters. The lowest BCUT2D eigenvalue weighted by Gasteiger charge is -2.35. The van der Waals surface area contributed by atoms with Crippen LogP contribution in [0.4, 0.5) is 30.6 Å². The van der Waals surface area contributed by atoms with E-state index in [9.17, 15) is 18.0 Å². The van der Waals surface area contributed by atoms with Crippen LogP contribution < -0.4 is 15.0 Å². The summed E-state index contributed by atoms with van der Waals surface area (Å²) in [6.45, 7) is 2.98. The Bertz CT molecular complexity index is 850. The van der Waals surface area contributed by atoms with E-state index in [-0.39, 0.29) is 13.1 Å². The summed E-state index contributed by atoms with van der Waals surface area (Å²) < 4.78 is 42.4. The second-order valence-electron chi connectivity index (χ2n) is 6.71. The molecule has 1 fully saturated rings. The lowest BCUT2D eigenvalue weighted by Crippen LogP contribution is -2.50. The molecule has 29 heavy (non-hydrogen) atoms. The van der Waals surface area contributed by atoms with Gasteiger partial charge in [-0.05, 0) is 31.2 Å². The van der Waals surface area contributed by atoms with Gasteiger partial charge in [0.25, 0.3) is 0 Å². The van der Waals surface area contributed by atoms with Crippen LogP contribution >= 0.6 is 0 Å². The molecule has 0 unspecified atom stereocenters. The van der Waals surface area contributed by atoms with Crippen LogP contribution in [0.5, 0.6) is 5.75 Å². The number of halogens is 3. The molecule has 0 radical (unpaired) electrons. The zero-order valence-electron chi connectivity index (χ0n) is 16.2. The Kier molecular flexibility index (Phi) is 6.09. The smallest absolute Gasteiger partial charge is 0.397 e. The van der Waals surface area contributed by atoms with Gasteiger partial charge in [0.05, 0.1) is 7.11 Å². The first-order chi connectivity index (χ1) is 13.7. The number of carbonyl (C=O) groups is 1. The maximum atomic E-state index is 12.4. The SMILES string of the molecule is COc1ccc(Nc2cc(C)nc(N3CCN(C(=O)CC(F)(F)F)CC3)n2)cc1. The number of hydrogen-bond acceptors (Lipinski definition) is 6. The van der Waals surface area contributed by atoms with Crippen LogP contribution in [0.1, 0.15) is 12.1 Å². The fourth-order valence-electron chi connectivity index (χ4n) is 3.02. The van der Waals surface area contributed by atoms with Crippen LogP contribution in [0.25, 0.3) is 0 Å². The molecule has 156 valence electrons. The number of nitrogens with one attached hydrogen (secondary N) is 1. The topological polar surface area (TPSA) is 70.6 Å². The number of nitrogens with zero attached hydrogens (tertiary/aromatic N) is 4. The Labute approximate surface area is 166 Å². The fraction of sp³-hybridized carbons (Fsp3) is 0.421. The number of methoxy groups -OCH3 is 1. The third-order valence-corrected chi connectivity index (χ3v) is 4.47. The lowest BCUT2D eigenvalue weighted by molar-refractivity contribution is -0.161. The first-order valence-electron chi connectivity index (χ1n) is 9.10. The second kappa shape index (κ2) is 8.54. The molecule has 1 aliphatic rings. The number of alkyl halides is 3. The van der Waals surface area contributed by atoms with Crippen LogP contribution in [-0.2, 0) is 4.79 Å². The molecule has 1 saturated heterocycles. The van der Waals surface area contributed by atoms with Gasteiger partial charge in [0.1, 0.15) is 18.0 Å². The number of benzene rings is 1. The van der Waals surface area contributed by atoms with Crippen LogP contribution in [0.2, 0.25) is 0 Å². The van der Waals surface area contributed by atoms with E-state index in [2.05, 4.69) is 15.3 Å². The number of piperazine rings is 1. The van der Waals surface area contributed by atoms with Gasteiger partial charge in [-0.25, -0.2) is 4.98 Å². The third-order valence-electron chi connectivity index (χ3n) is 4.47. The van der Waals surface area contributed by atoms with Crippen LogP contribution in [-0.4, -0.2) is 60.2 Å². The van der Waals surface area contributed by atoms with Crippen molar-refractivity contribution in [2.75, 3.05) is 43.5 Å². The molecule has 0 saturated carbocycles. The maximum Gasteiger partial charge on any atom is 0.397 e. The Balaban J connectivity index is 1.65. The standard InChI is InChI=1S/C19H22F3N5O2/c1-13-11-16(24-14-3-5-15(29-2)6-4-14)25-18(23-13)27-9-7-26(8-10-27)17(28)12-19(20,21)22/h3-6,11H,7-10,12H2,1-2H3,(H,23,24,25). The summed E-state index contributed by atoms with van der Waals surface area (Å²) in [7, 11) is 1.60. The lowest BCUT2D eigenvalue weighted by atomic mass is 10.2. The second-order valence-corrected chi connectivity index (χ2v) is 6.71. The van der Waals surface area contributed by atoms with Crippen molar-refractivity contribution in [1.29, 1.82) is 0 Å². The molecule has 0 bridgehead atoms. The van der Waals surface area contributed by atoms with E-state index < -0.39 is 18.5 Å². The van der Waals surface area contributed by atoms with E-state index in [1.807, 2.05) is 36.1 Å². The van der Waals surface area contributed by atoms with E-state index in [1.165, 1.54) is 4.90 Å². The van der Waals surface area contributed by atoms with Crippen molar-refractivity contribution < 1.29 is 22.7 Å². The number of ether oxygens (including phenoxy) is 1. The largest absolute Gasteiger partial charge is 0.497 e. The van der Waals surface area contributed by atoms with Crippen molar-refractivity contribution >= 4 is 23.4 Å². The van der Waals surface area contributed by atoms with Crippen molar-refractivity contribution in [2.45, 2.75) is 19.5 Å². The molecule has 1 N–H and O–H groups in total. The number of carbonyl (C=O) groups excluding carboxylic acids is 1. The number of rotatable bonds is 5. The molecule has 1 aliphatic heterocycles. The minimum atomic E-state index is -4.49. The van der Waals surface area contributed by atoms with E-state index in [4.69, 9.17) is 4.74 Å². The van der Waals surface area contributed by atoms with Gasteiger partial charge in [-0.15, -0.1) is 0 Å². The highest BCUT2D eigenvalue weighted by Crippen LogP contribution is 2.23. The third kappa shape index (κ3) is 5.72. The summed E-state index contributed by atoms with van der Waals surface area (Å²) in [5.41, 5.74) is 1.58. The van der Waals surface area contributed by atoms with Crippen LogP contribution in [0, 0.1) is 6.92 Å². The molecule has 2 heterocycles. The summed E-state index contributed by atoms with van der Waals surface area (Å²) >= 11 is 0. The number of amides is 1. The summed E-state index contributed by atoms with van der Waals surface area (Å²) in [4.78, 5) is 23.8. The molecule has 1 amide bonds. The van der Waals surface area contributed by atoms with Crippen LogP contribution in [0.15, 0.2) is 30.3 Å². The van der Waals surface area contributed by atoms with Crippen molar-refractivity contribution in [3.8, 4) is 5.75 Å². The first kappa shape index (κ1) is 20.7. The monoisotopic (exact) mass is 409 g/mol. The van der Waals surface area contributed by atoms with E-state index in [1.54, 1.807) is 13.2 Å². The normalized spacial score (nSPS) is 14.7. The molecular formula is C19H22F3N5O2. The molecule has 3 rings (SSSR count). The van der Waals surface area contributed by atoms with Gasteiger partial charge in [0.15, 0.2) is 0 Å². The Morgan fingerprint density at radius 2 is 1.79 bits per heavy atom. The average Bonchev–Trinajstić information content (AvgIpc) is 2.67. The van der Waals surface area contributed by atoms with Crippen LogP contribution in [0.3, 0.4) is 0 Å².